The predicted octanol–water partition coefficient (Wildman–Crippen LogP) is 4.18. The van der Waals surface area contributed by atoms with E-state index in [1.54, 1.807) is 23.3 Å². The smallest absolute Gasteiger partial charge is 0.348 e. The third kappa shape index (κ3) is 6.30. The van der Waals surface area contributed by atoms with Gasteiger partial charge in [0, 0.05) is 36.8 Å². The van der Waals surface area contributed by atoms with E-state index in [0.717, 1.165) is 37.0 Å². The van der Waals surface area contributed by atoms with Gasteiger partial charge in [0.25, 0.3) is 0 Å². The Balaban J connectivity index is 1.69. The zero-order valence-electron chi connectivity index (χ0n) is 22.4. The van der Waals surface area contributed by atoms with Gasteiger partial charge in [-0.2, -0.15) is 12.7 Å². The standard InChI is InChI=1S/C27H36N4O5S2/c1-19-6-8-20(9-7-19)25(32)31(23-16-22(10-12-27(2,3)4)37-24(23)26(33)34)21-11-15-29(17-21)38(35,36)30-14-5-13-28-18-30/h5,13-14,16,19-21H,6-9,11,15,17-18H2,1-4H3,(H,33,34). The number of anilines is 1. The Morgan fingerprint density at radius 1 is 1.18 bits per heavy atom. The van der Waals surface area contributed by atoms with Crippen LogP contribution in [0.2, 0.25) is 0 Å². The fourth-order valence-electron chi connectivity index (χ4n) is 5.02. The number of carboxylic acids is 1. The van der Waals surface area contributed by atoms with Crippen LogP contribution >= 0.6 is 11.3 Å². The highest BCUT2D eigenvalue weighted by molar-refractivity contribution is 7.86. The van der Waals surface area contributed by atoms with Gasteiger partial charge in [-0.05, 0) is 70.9 Å². The van der Waals surface area contributed by atoms with E-state index in [1.807, 2.05) is 20.8 Å². The van der Waals surface area contributed by atoms with Crippen molar-refractivity contribution in [3.63, 3.8) is 0 Å². The lowest BCUT2D eigenvalue weighted by Crippen LogP contribution is -2.48. The van der Waals surface area contributed by atoms with Gasteiger partial charge in [0.15, 0.2) is 0 Å². The van der Waals surface area contributed by atoms with Gasteiger partial charge in [0.1, 0.15) is 11.5 Å². The summed E-state index contributed by atoms with van der Waals surface area (Å²) in [4.78, 5) is 32.6. The predicted molar refractivity (Wildman–Crippen MR) is 149 cm³/mol. The molecule has 2 aliphatic heterocycles. The molecule has 3 aliphatic rings. The van der Waals surface area contributed by atoms with Gasteiger partial charge in [0.2, 0.25) is 5.91 Å². The highest BCUT2D eigenvalue weighted by Crippen LogP contribution is 2.38. The first-order chi connectivity index (χ1) is 17.9. The van der Waals surface area contributed by atoms with Crippen molar-refractivity contribution < 1.29 is 23.1 Å². The number of amides is 1. The van der Waals surface area contributed by atoms with Crippen molar-refractivity contribution in [2.24, 2.45) is 22.2 Å². The number of carbonyl (C=O) groups is 2. The molecule has 1 atom stereocenters. The monoisotopic (exact) mass is 560 g/mol. The number of aromatic carboxylic acids is 1. The van der Waals surface area contributed by atoms with E-state index < -0.39 is 22.2 Å². The van der Waals surface area contributed by atoms with Crippen molar-refractivity contribution in [3.8, 4) is 11.8 Å². The van der Waals surface area contributed by atoms with E-state index in [4.69, 9.17) is 0 Å². The van der Waals surface area contributed by atoms with Crippen molar-refractivity contribution in [3.05, 3.63) is 28.1 Å². The molecule has 1 aromatic heterocycles. The van der Waals surface area contributed by atoms with Gasteiger partial charge in [0.05, 0.1) is 16.6 Å². The summed E-state index contributed by atoms with van der Waals surface area (Å²) in [5.74, 6) is 5.30. The van der Waals surface area contributed by atoms with E-state index in [1.165, 1.54) is 14.8 Å². The van der Waals surface area contributed by atoms with Gasteiger partial charge in [-0.25, -0.2) is 9.10 Å². The van der Waals surface area contributed by atoms with Crippen LogP contribution in [0.5, 0.6) is 0 Å². The number of nitrogens with zero attached hydrogens (tertiary/aromatic N) is 4. The molecule has 0 aromatic carbocycles. The van der Waals surface area contributed by atoms with Crippen molar-refractivity contribution in [2.45, 2.75) is 65.8 Å². The maximum absolute atomic E-state index is 14.0. The molecular formula is C27H36N4O5S2. The fraction of sp³-hybridized carbons (Fsp3) is 0.593. The van der Waals surface area contributed by atoms with Crippen LogP contribution in [0.25, 0.3) is 0 Å². The Bertz CT molecular complexity index is 1290. The van der Waals surface area contributed by atoms with Crippen molar-refractivity contribution >= 4 is 45.3 Å². The van der Waals surface area contributed by atoms with Gasteiger partial charge >= 0.3 is 16.2 Å². The minimum atomic E-state index is -3.82. The minimum absolute atomic E-state index is 0.00635. The summed E-state index contributed by atoms with van der Waals surface area (Å²) >= 11 is 1.06. The Labute approximate surface area is 229 Å². The SMILES string of the molecule is CC1CCC(C(=O)N(c2cc(C#CC(C)(C)C)sc2C(=O)O)C2CCN(S(=O)(=O)N3C=CC=NC3)C2)CC1. The molecule has 1 N–H and O–H groups in total. The Hall–Kier alpha value is -2.68. The van der Waals surface area contributed by atoms with E-state index in [0.29, 0.717) is 22.9 Å². The molecule has 11 heteroatoms. The third-order valence-corrected chi connectivity index (χ3v) is 9.95. The summed E-state index contributed by atoms with van der Waals surface area (Å²) in [6, 6.07) is 1.21. The normalized spacial score (nSPS) is 24.2. The molecule has 9 nitrogen and oxygen atoms in total. The molecule has 1 aromatic rings. The Morgan fingerprint density at radius 2 is 1.89 bits per heavy atom. The quantitative estimate of drug-likeness (QED) is 0.525. The lowest BCUT2D eigenvalue weighted by atomic mass is 9.82. The molecule has 1 unspecified atom stereocenters. The third-order valence-electron chi connectivity index (χ3n) is 7.11. The second kappa shape index (κ2) is 11.2. The largest absolute Gasteiger partial charge is 0.477 e. The van der Waals surface area contributed by atoms with Crippen molar-refractivity contribution in [1.82, 2.24) is 8.61 Å². The number of thiophene rings is 1. The zero-order valence-corrected chi connectivity index (χ0v) is 24.0. The number of aliphatic imine (C=N–C) groups is 1. The van der Waals surface area contributed by atoms with Gasteiger partial charge in [-0.3, -0.25) is 9.79 Å². The minimum Gasteiger partial charge on any atom is -0.477 e. The van der Waals surface area contributed by atoms with Crippen LogP contribution in [0.15, 0.2) is 23.3 Å². The molecule has 2 fully saturated rings. The molecule has 3 heterocycles. The Morgan fingerprint density at radius 3 is 2.50 bits per heavy atom. The maximum atomic E-state index is 14.0. The molecule has 4 rings (SSSR count). The number of hydrogen-bond acceptors (Lipinski definition) is 6. The number of carboxylic acid groups (broad SMARTS) is 1. The topological polar surface area (TPSA) is 111 Å². The van der Waals surface area contributed by atoms with E-state index in [-0.39, 0.29) is 41.9 Å². The summed E-state index contributed by atoms with van der Waals surface area (Å²) < 4.78 is 29.1. The molecular weight excluding hydrogens is 524 g/mol. The highest BCUT2D eigenvalue weighted by Gasteiger charge is 2.42. The lowest BCUT2D eigenvalue weighted by molar-refractivity contribution is -0.124. The molecule has 1 saturated heterocycles. The molecule has 1 amide bonds. The van der Waals surface area contributed by atoms with Crippen LogP contribution in [-0.2, 0) is 15.0 Å². The summed E-state index contributed by atoms with van der Waals surface area (Å²) in [5, 5.41) is 10.1. The first-order valence-corrected chi connectivity index (χ1v) is 15.2. The van der Waals surface area contributed by atoms with Crippen LogP contribution in [0, 0.1) is 29.1 Å². The van der Waals surface area contributed by atoms with Crippen molar-refractivity contribution in [2.75, 3.05) is 24.7 Å². The summed E-state index contributed by atoms with van der Waals surface area (Å²) in [7, 11) is -3.82. The number of hydrogen-bond donors (Lipinski definition) is 1. The molecule has 0 radical (unpaired) electrons. The van der Waals surface area contributed by atoms with E-state index in [9.17, 15) is 23.1 Å². The van der Waals surface area contributed by atoms with Crippen LogP contribution < -0.4 is 4.90 Å². The van der Waals surface area contributed by atoms with Gasteiger partial charge in [-0.1, -0.05) is 18.8 Å². The van der Waals surface area contributed by atoms with Crippen LogP contribution in [0.4, 0.5) is 5.69 Å². The van der Waals surface area contributed by atoms with Gasteiger partial charge < -0.3 is 10.0 Å². The molecule has 0 bridgehead atoms. The molecule has 206 valence electrons. The summed E-state index contributed by atoms with van der Waals surface area (Å²) in [5.41, 5.74) is 0.0470. The number of allylic oxidation sites excluding steroid dienone is 1. The maximum Gasteiger partial charge on any atom is 0.348 e. The molecule has 1 saturated carbocycles. The molecule has 1 aliphatic carbocycles. The first kappa shape index (κ1) is 28.3. The van der Waals surface area contributed by atoms with Crippen molar-refractivity contribution in [1.29, 1.82) is 0 Å². The van der Waals surface area contributed by atoms with Crippen LogP contribution in [0.3, 0.4) is 0 Å². The Kier molecular flexibility index (Phi) is 8.35. The molecule has 0 spiro atoms. The number of rotatable bonds is 6. The van der Waals surface area contributed by atoms with Crippen LogP contribution in [-0.4, -0.2) is 66.0 Å². The highest BCUT2D eigenvalue weighted by atomic mass is 32.2. The second-order valence-electron chi connectivity index (χ2n) is 11.3. The first-order valence-electron chi connectivity index (χ1n) is 13.0. The van der Waals surface area contributed by atoms with Gasteiger partial charge in [-0.15, -0.1) is 11.3 Å². The molecule has 38 heavy (non-hydrogen) atoms. The summed E-state index contributed by atoms with van der Waals surface area (Å²) in [6.45, 7) is 8.43. The zero-order chi connectivity index (χ0) is 27.7. The second-order valence-corrected chi connectivity index (χ2v) is 14.2. The van der Waals surface area contributed by atoms with E-state index in [2.05, 4.69) is 23.8 Å². The average Bonchev–Trinajstić information content (AvgIpc) is 3.52. The van der Waals surface area contributed by atoms with Crippen LogP contribution in [0.1, 0.15) is 74.3 Å². The fourth-order valence-corrected chi connectivity index (χ4v) is 7.29. The summed E-state index contributed by atoms with van der Waals surface area (Å²) in [6.07, 6.45) is 8.36. The average molecular weight is 561 g/mol. The number of carbonyl (C=O) groups excluding carboxylic acids is 1. The van der Waals surface area contributed by atoms with E-state index >= 15 is 0 Å². The lowest BCUT2D eigenvalue weighted by Gasteiger charge is -2.35.